The molecule has 1 saturated heterocycles. The van der Waals surface area contributed by atoms with E-state index in [1.807, 2.05) is 30.9 Å². The van der Waals surface area contributed by atoms with Crippen LogP contribution in [0, 0.1) is 17.0 Å². The minimum atomic E-state index is -0.426. The molecule has 0 spiro atoms. The largest absolute Gasteiger partial charge is 0.370 e. The van der Waals surface area contributed by atoms with Crippen molar-refractivity contribution in [2.24, 2.45) is 0 Å². The molecule has 0 unspecified atom stereocenters. The summed E-state index contributed by atoms with van der Waals surface area (Å²) >= 11 is 0. The van der Waals surface area contributed by atoms with E-state index in [1.165, 1.54) is 6.20 Å². The Hall–Kier alpha value is -2.48. The summed E-state index contributed by atoms with van der Waals surface area (Å²) in [5.74, 6) is 0.770. The first kappa shape index (κ1) is 15.4. The van der Waals surface area contributed by atoms with E-state index in [4.69, 9.17) is 4.74 Å². The van der Waals surface area contributed by atoms with Crippen molar-refractivity contribution < 1.29 is 9.66 Å². The number of hydrogen-bond acceptors (Lipinski definition) is 6. The molecule has 2 aromatic heterocycles. The molecule has 23 heavy (non-hydrogen) atoms. The zero-order valence-corrected chi connectivity index (χ0v) is 13.2. The summed E-state index contributed by atoms with van der Waals surface area (Å²) in [6, 6.07) is 1.56. The Labute approximate surface area is 133 Å². The standard InChI is InChI=1S/C15H19N5O3/c1-3-19-9-12(7-17-19)14-10-18(4-5-23-14)15-11(2)6-13(8-16-15)20(21)22/h6-9,14H,3-5,10H2,1-2H3/t14-/m1/s1. The van der Waals surface area contributed by atoms with Crippen molar-refractivity contribution in [3.05, 3.63) is 45.9 Å². The topological polar surface area (TPSA) is 86.3 Å². The van der Waals surface area contributed by atoms with Gasteiger partial charge in [0.1, 0.15) is 18.1 Å². The van der Waals surface area contributed by atoms with Gasteiger partial charge in [-0.3, -0.25) is 14.8 Å². The van der Waals surface area contributed by atoms with Gasteiger partial charge >= 0.3 is 0 Å². The van der Waals surface area contributed by atoms with Gasteiger partial charge in [0.05, 0.1) is 17.7 Å². The number of morpholine rings is 1. The van der Waals surface area contributed by atoms with Crippen molar-refractivity contribution in [1.82, 2.24) is 14.8 Å². The van der Waals surface area contributed by atoms with Crippen LogP contribution in [0.25, 0.3) is 0 Å². The average Bonchev–Trinajstić information content (AvgIpc) is 3.04. The molecule has 2 aromatic rings. The van der Waals surface area contributed by atoms with Crippen LogP contribution in [0.1, 0.15) is 24.2 Å². The Morgan fingerprint density at radius 3 is 2.96 bits per heavy atom. The van der Waals surface area contributed by atoms with E-state index in [-0.39, 0.29) is 11.8 Å². The predicted octanol–water partition coefficient (Wildman–Crippen LogP) is 2.09. The average molecular weight is 317 g/mol. The maximum absolute atomic E-state index is 10.8. The second-order valence-corrected chi connectivity index (χ2v) is 5.53. The SMILES string of the molecule is CCn1cc([C@H]2CN(c3ncc([N+](=O)[O-])cc3C)CCO2)cn1. The molecule has 3 heterocycles. The number of pyridine rings is 1. The van der Waals surface area contributed by atoms with E-state index in [9.17, 15) is 10.1 Å². The third kappa shape index (κ3) is 3.16. The Morgan fingerprint density at radius 2 is 2.30 bits per heavy atom. The first-order valence-corrected chi connectivity index (χ1v) is 7.58. The van der Waals surface area contributed by atoms with Gasteiger partial charge in [-0.25, -0.2) is 4.98 Å². The molecule has 8 heteroatoms. The van der Waals surface area contributed by atoms with Gasteiger partial charge in [-0.1, -0.05) is 0 Å². The lowest BCUT2D eigenvalue weighted by molar-refractivity contribution is -0.385. The molecule has 0 bridgehead atoms. The first-order valence-electron chi connectivity index (χ1n) is 7.58. The maximum atomic E-state index is 10.8. The summed E-state index contributed by atoms with van der Waals surface area (Å²) in [5, 5.41) is 15.1. The fourth-order valence-electron chi connectivity index (χ4n) is 2.75. The first-order chi connectivity index (χ1) is 11.1. The molecule has 1 aliphatic heterocycles. The molecule has 0 N–H and O–H groups in total. The summed E-state index contributed by atoms with van der Waals surface area (Å²) < 4.78 is 7.71. The van der Waals surface area contributed by atoms with Crippen LogP contribution in [0.3, 0.4) is 0 Å². The Bertz CT molecular complexity index is 715. The Balaban J connectivity index is 1.79. The van der Waals surface area contributed by atoms with Crippen molar-refractivity contribution >= 4 is 11.5 Å². The van der Waals surface area contributed by atoms with Gasteiger partial charge < -0.3 is 9.64 Å². The summed E-state index contributed by atoms with van der Waals surface area (Å²) in [4.78, 5) is 16.8. The van der Waals surface area contributed by atoms with Crippen molar-refractivity contribution in [3.63, 3.8) is 0 Å². The molecular weight excluding hydrogens is 298 g/mol. The smallest absolute Gasteiger partial charge is 0.287 e. The highest BCUT2D eigenvalue weighted by atomic mass is 16.6. The number of nitro groups is 1. The number of hydrogen-bond donors (Lipinski definition) is 0. The third-order valence-corrected chi connectivity index (χ3v) is 3.96. The molecular formula is C15H19N5O3. The lowest BCUT2D eigenvalue weighted by Gasteiger charge is -2.34. The number of rotatable bonds is 4. The van der Waals surface area contributed by atoms with Gasteiger partial charge in [0.2, 0.25) is 0 Å². The van der Waals surface area contributed by atoms with E-state index in [0.29, 0.717) is 19.7 Å². The summed E-state index contributed by atoms with van der Waals surface area (Å²) in [6.07, 6.45) is 5.06. The highest BCUT2D eigenvalue weighted by Gasteiger charge is 2.25. The molecule has 122 valence electrons. The van der Waals surface area contributed by atoms with Crippen LogP contribution in [0.15, 0.2) is 24.7 Å². The van der Waals surface area contributed by atoms with Gasteiger partial charge in [-0.05, 0) is 19.4 Å². The normalized spacial score (nSPS) is 18.2. The molecule has 1 aliphatic rings. The fraction of sp³-hybridized carbons (Fsp3) is 0.467. The van der Waals surface area contributed by atoms with E-state index >= 15 is 0 Å². The van der Waals surface area contributed by atoms with Crippen molar-refractivity contribution in [3.8, 4) is 0 Å². The summed E-state index contributed by atoms with van der Waals surface area (Å²) in [7, 11) is 0. The molecule has 1 fully saturated rings. The van der Waals surface area contributed by atoms with E-state index in [0.717, 1.165) is 23.5 Å². The minimum Gasteiger partial charge on any atom is -0.370 e. The number of aromatic nitrogens is 3. The Morgan fingerprint density at radius 1 is 1.48 bits per heavy atom. The van der Waals surface area contributed by atoms with Crippen molar-refractivity contribution in [2.75, 3.05) is 24.6 Å². The quantitative estimate of drug-likeness (QED) is 0.634. The van der Waals surface area contributed by atoms with Crippen molar-refractivity contribution in [1.29, 1.82) is 0 Å². The molecule has 0 radical (unpaired) electrons. The zero-order chi connectivity index (χ0) is 16.4. The summed E-state index contributed by atoms with van der Waals surface area (Å²) in [6.45, 7) is 6.65. The zero-order valence-electron chi connectivity index (χ0n) is 13.2. The third-order valence-electron chi connectivity index (χ3n) is 3.96. The van der Waals surface area contributed by atoms with Crippen LogP contribution in [-0.4, -0.2) is 39.4 Å². The van der Waals surface area contributed by atoms with Crippen LogP contribution in [0.4, 0.5) is 11.5 Å². The van der Waals surface area contributed by atoms with Crippen LogP contribution in [-0.2, 0) is 11.3 Å². The molecule has 0 aromatic carbocycles. The lowest BCUT2D eigenvalue weighted by Crippen LogP contribution is -2.39. The monoisotopic (exact) mass is 317 g/mol. The van der Waals surface area contributed by atoms with Gasteiger partial charge in [0, 0.05) is 37.5 Å². The molecule has 0 amide bonds. The van der Waals surface area contributed by atoms with Gasteiger partial charge in [-0.2, -0.15) is 5.10 Å². The van der Waals surface area contributed by atoms with E-state index < -0.39 is 4.92 Å². The lowest BCUT2D eigenvalue weighted by atomic mass is 10.1. The number of aryl methyl sites for hydroxylation is 2. The number of ether oxygens (including phenoxy) is 1. The molecule has 0 aliphatic carbocycles. The highest BCUT2D eigenvalue weighted by Crippen LogP contribution is 2.28. The maximum Gasteiger partial charge on any atom is 0.287 e. The highest BCUT2D eigenvalue weighted by molar-refractivity contribution is 5.51. The van der Waals surface area contributed by atoms with Crippen LogP contribution in [0.5, 0.6) is 0 Å². The molecule has 0 saturated carbocycles. The number of nitrogens with zero attached hydrogens (tertiary/aromatic N) is 5. The van der Waals surface area contributed by atoms with Crippen LogP contribution >= 0.6 is 0 Å². The molecule has 1 atom stereocenters. The predicted molar refractivity (Wildman–Crippen MR) is 84.4 cm³/mol. The van der Waals surface area contributed by atoms with Gasteiger partial charge in [0.15, 0.2) is 0 Å². The second kappa shape index (κ2) is 6.33. The van der Waals surface area contributed by atoms with Crippen LogP contribution in [0.2, 0.25) is 0 Å². The summed E-state index contributed by atoms with van der Waals surface area (Å²) in [5.41, 5.74) is 1.85. The van der Waals surface area contributed by atoms with E-state index in [2.05, 4.69) is 15.0 Å². The van der Waals surface area contributed by atoms with Crippen molar-refractivity contribution in [2.45, 2.75) is 26.5 Å². The van der Waals surface area contributed by atoms with E-state index in [1.54, 1.807) is 6.07 Å². The van der Waals surface area contributed by atoms with Gasteiger partial charge in [-0.15, -0.1) is 0 Å². The minimum absolute atomic E-state index is 0.0141. The Kier molecular flexibility index (Phi) is 4.24. The molecule has 8 nitrogen and oxygen atoms in total. The van der Waals surface area contributed by atoms with Gasteiger partial charge in [0.25, 0.3) is 5.69 Å². The molecule has 3 rings (SSSR count). The second-order valence-electron chi connectivity index (χ2n) is 5.53. The fourth-order valence-corrected chi connectivity index (χ4v) is 2.75. The van der Waals surface area contributed by atoms with Crippen LogP contribution < -0.4 is 4.90 Å². The number of anilines is 1.